The van der Waals surface area contributed by atoms with Crippen LogP contribution in [-0.2, 0) is 6.61 Å². The van der Waals surface area contributed by atoms with Crippen LogP contribution in [0.2, 0.25) is 5.02 Å². The minimum Gasteiger partial charge on any atom is -0.392 e. The molecule has 2 nitrogen and oxygen atoms in total. The molecule has 1 aromatic carbocycles. The van der Waals surface area contributed by atoms with Gasteiger partial charge in [0.15, 0.2) is 0 Å². The van der Waals surface area contributed by atoms with E-state index in [1.54, 1.807) is 0 Å². The third-order valence-corrected chi connectivity index (χ3v) is 3.78. The van der Waals surface area contributed by atoms with Gasteiger partial charge < -0.3 is 10.0 Å². The van der Waals surface area contributed by atoms with Crippen LogP contribution in [0.15, 0.2) is 18.2 Å². The Hall–Kier alpha value is -0.730. The zero-order valence-electron chi connectivity index (χ0n) is 10.2. The van der Waals surface area contributed by atoms with Crippen molar-refractivity contribution >= 4 is 17.3 Å². The molecule has 2 rings (SSSR count). The van der Waals surface area contributed by atoms with E-state index in [4.69, 9.17) is 16.7 Å². The highest BCUT2D eigenvalue weighted by Gasteiger charge is 2.10. The summed E-state index contributed by atoms with van der Waals surface area (Å²) in [6, 6.07) is 5.98. The third kappa shape index (κ3) is 3.36. The molecule has 94 valence electrons. The predicted octanol–water partition coefficient (Wildman–Crippen LogP) is 3.60. The van der Waals surface area contributed by atoms with Crippen LogP contribution in [0, 0.1) is 0 Å². The van der Waals surface area contributed by atoms with Crippen LogP contribution in [0.25, 0.3) is 0 Å². The Balaban J connectivity index is 2.11. The number of aliphatic hydroxyl groups is 1. The van der Waals surface area contributed by atoms with E-state index in [-0.39, 0.29) is 6.61 Å². The maximum absolute atomic E-state index is 9.10. The van der Waals surface area contributed by atoms with Gasteiger partial charge in [-0.2, -0.15) is 0 Å². The second-order valence-corrected chi connectivity index (χ2v) is 5.10. The van der Waals surface area contributed by atoms with Crippen molar-refractivity contribution in [2.75, 3.05) is 18.0 Å². The van der Waals surface area contributed by atoms with Crippen molar-refractivity contribution in [1.29, 1.82) is 0 Å². The van der Waals surface area contributed by atoms with E-state index in [1.165, 1.54) is 37.8 Å². The summed E-state index contributed by atoms with van der Waals surface area (Å²) in [6.07, 6.45) is 6.56. The molecule has 0 bridgehead atoms. The lowest BCUT2D eigenvalue weighted by atomic mass is 10.1. The number of halogens is 1. The van der Waals surface area contributed by atoms with Crippen LogP contribution in [-0.4, -0.2) is 18.2 Å². The maximum Gasteiger partial charge on any atom is 0.0696 e. The van der Waals surface area contributed by atoms with Crippen LogP contribution in [0.5, 0.6) is 0 Å². The first-order valence-electron chi connectivity index (χ1n) is 6.45. The van der Waals surface area contributed by atoms with Gasteiger partial charge in [-0.25, -0.2) is 0 Å². The lowest BCUT2D eigenvalue weighted by Gasteiger charge is -2.27. The zero-order valence-corrected chi connectivity index (χ0v) is 10.9. The largest absolute Gasteiger partial charge is 0.392 e. The van der Waals surface area contributed by atoms with E-state index in [0.29, 0.717) is 5.02 Å². The molecule has 1 aromatic rings. The van der Waals surface area contributed by atoms with Crippen molar-refractivity contribution in [1.82, 2.24) is 0 Å². The molecule has 1 aliphatic rings. The number of aliphatic hydroxyl groups excluding tert-OH is 1. The van der Waals surface area contributed by atoms with Gasteiger partial charge in [-0.3, -0.25) is 0 Å². The van der Waals surface area contributed by atoms with Gasteiger partial charge in [-0.15, -0.1) is 0 Å². The maximum atomic E-state index is 9.10. The Morgan fingerprint density at radius 2 is 1.71 bits per heavy atom. The first kappa shape index (κ1) is 12.7. The first-order chi connectivity index (χ1) is 8.31. The minimum absolute atomic E-state index is 0.0130. The first-order valence-corrected chi connectivity index (χ1v) is 6.83. The van der Waals surface area contributed by atoms with E-state index in [2.05, 4.69) is 11.0 Å². The molecule has 0 aromatic heterocycles. The highest BCUT2D eigenvalue weighted by atomic mass is 35.5. The number of hydrogen-bond donors (Lipinski definition) is 1. The fourth-order valence-electron chi connectivity index (χ4n) is 2.37. The molecule has 3 heteroatoms. The van der Waals surface area contributed by atoms with Gasteiger partial charge in [0, 0.05) is 23.8 Å². The fraction of sp³-hybridized carbons (Fsp3) is 0.571. The summed E-state index contributed by atoms with van der Waals surface area (Å²) in [5.41, 5.74) is 2.00. The molecule has 1 fully saturated rings. The number of anilines is 1. The molecule has 0 aliphatic carbocycles. The minimum atomic E-state index is 0.0130. The summed E-state index contributed by atoms with van der Waals surface area (Å²) in [6.45, 7) is 2.25. The summed E-state index contributed by atoms with van der Waals surface area (Å²) in [5.74, 6) is 0. The summed E-state index contributed by atoms with van der Waals surface area (Å²) in [4.78, 5) is 2.41. The predicted molar refractivity (Wildman–Crippen MR) is 72.7 cm³/mol. The Kier molecular flexibility index (Phi) is 4.69. The number of rotatable bonds is 2. The van der Waals surface area contributed by atoms with E-state index >= 15 is 0 Å². The fourth-order valence-corrected chi connectivity index (χ4v) is 2.60. The molecule has 0 spiro atoms. The van der Waals surface area contributed by atoms with E-state index in [1.807, 2.05) is 12.1 Å². The second kappa shape index (κ2) is 6.27. The number of benzene rings is 1. The highest BCUT2D eigenvalue weighted by Crippen LogP contribution is 2.25. The van der Waals surface area contributed by atoms with Crippen LogP contribution in [0.3, 0.4) is 0 Å². The van der Waals surface area contributed by atoms with E-state index in [0.717, 1.165) is 18.7 Å². The summed E-state index contributed by atoms with van der Waals surface area (Å²) >= 11 is 6.14. The monoisotopic (exact) mass is 253 g/mol. The smallest absolute Gasteiger partial charge is 0.0696 e. The lowest BCUT2D eigenvalue weighted by Crippen LogP contribution is -2.26. The normalized spacial score (nSPS) is 17.6. The van der Waals surface area contributed by atoms with Gasteiger partial charge >= 0.3 is 0 Å². The molecule has 0 atom stereocenters. The number of nitrogens with zero attached hydrogens (tertiary/aromatic N) is 1. The molecule has 0 amide bonds. The van der Waals surface area contributed by atoms with Gasteiger partial charge in [0.05, 0.1) is 6.61 Å². The van der Waals surface area contributed by atoms with Crippen LogP contribution < -0.4 is 4.90 Å². The molecular weight excluding hydrogens is 234 g/mol. The highest BCUT2D eigenvalue weighted by molar-refractivity contribution is 6.31. The standard InChI is InChI=1S/C14H20ClNO/c15-14-10-13(7-6-12(14)11-17)16-8-4-2-1-3-5-9-16/h6-7,10,17H,1-5,8-9,11H2. The van der Waals surface area contributed by atoms with Gasteiger partial charge in [0.1, 0.15) is 0 Å². The van der Waals surface area contributed by atoms with Crippen molar-refractivity contribution < 1.29 is 5.11 Å². The third-order valence-electron chi connectivity index (χ3n) is 3.43. The van der Waals surface area contributed by atoms with E-state index < -0.39 is 0 Å². The molecule has 1 N–H and O–H groups in total. The summed E-state index contributed by atoms with van der Waals surface area (Å²) in [7, 11) is 0. The van der Waals surface area contributed by atoms with Crippen LogP contribution >= 0.6 is 11.6 Å². The Bertz CT molecular complexity index is 359. The van der Waals surface area contributed by atoms with Gasteiger partial charge in [-0.05, 0) is 30.5 Å². The number of hydrogen-bond acceptors (Lipinski definition) is 2. The van der Waals surface area contributed by atoms with Crippen molar-refractivity contribution in [2.24, 2.45) is 0 Å². The molecule has 0 radical (unpaired) electrons. The topological polar surface area (TPSA) is 23.5 Å². The average molecular weight is 254 g/mol. The second-order valence-electron chi connectivity index (χ2n) is 4.69. The molecular formula is C14H20ClNO. The zero-order chi connectivity index (χ0) is 12.1. The van der Waals surface area contributed by atoms with E-state index in [9.17, 15) is 0 Å². The Morgan fingerprint density at radius 3 is 2.29 bits per heavy atom. The Labute approximate surface area is 108 Å². The van der Waals surface area contributed by atoms with Crippen LogP contribution in [0.4, 0.5) is 5.69 Å². The molecule has 1 heterocycles. The van der Waals surface area contributed by atoms with Gasteiger partial charge in [0.2, 0.25) is 0 Å². The SMILES string of the molecule is OCc1ccc(N2CCCCCCC2)cc1Cl. The Morgan fingerprint density at radius 1 is 1.06 bits per heavy atom. The summed E-state index contributed by atoms with van der Waals surface area (Å²) in [5, 5.41) is 9.78. The van der Waals surface area contributed by atoms with Crippen LogP contribution in [0.1, 0.15) is 37.7 Å². The summed E-state index contributed by atoms with van der Waals surface area (Å²) < 4.78 is 0. The van der Waals surface area contributed by atoms with Crippen molar-refractivity contribution in [3.05, 3.63) is 28.8 Å². The molecule has 1 saturated heterocycles. The van der Waals surface area contributed by atoms with Crippen molar-refractivity contribution in [3.63, 3.8) is 0 Å². The molecule has 0 saturated carbocycles. The average Bonchev–Trinajstić information content (AvgIpc) is 2.28. The quantitative estimate of drug-likeness (QED) is 0.871. The molecule has 17 heavy (non-hydrogen) atoms. The molecule has 1 aliphatic heterocycles. The van der Waals surface area contributed by atoms with Gasteiger partial charge in [0.25, 0.3) is 0 Å². The van der Waals surface area contributed by atoms with Crippen molar-refractivity contribution in [3.8, 4) is 0 Å². The van der Waals surface area contributed by atoms with Gasteiger partial charge in [-0.1, -0.05) is 36.9 Å². The van der Waals surface area contributed by atoms with Crippen molar-refractivity contribution in [2.45, 2.75) is 38.7 Å². The molecule has 0 unspecified atom stereocenters. The lowest BCUT2D eigenvalue weighted by molar-refractivity contribution is 0.282.